The van der Waals surface area contributed by atoms with Crippen LogP contribution in [-0.2, 0) is 4.79 Å². The number of aromatic amines is 2. The van der Waals surface area contributed by atoms with Gasteiger partial charge in [-0.3, -0.25) is 14.9 Å². The van der Waals surface area contributed by atoms with E-state index in [-0.39, 0.29) is 11.3 Å². The van der Waals surface area contributed by atoms with E-state index in [0.717, 1.165) is 76.6 Å². The summed E-state index contributed by atoms with van der Waals surface area (Å²) in [5, 5.41) is 11.8. The highest BCUT2D eigenvalue weighted by Gasteiger charge is 2.21. The van der Waals surface area contributed by atoms with E-state index in [4.69, 9.17) is 9.97 Å². The van der Waals surface area contributed by atoms with Gasteiger partial charge in [-0.15, -0.1) is 0 Å². The van der Waals surface area contributed by atoms with Crippen molar-refractivity contribution in [3.63, 3.8) is 0 Å². The first kappa shape index (κ1) is 25.0. The number of nitrogens with zero attached hydrogens (tertiary/aromatic N) is 6. The molecular weight excluding hydrogens is 490 g/mol. The molecule has 10 nitrogen and oxygen atoms in total. The zero-order chi connectivity index (χ0) is 27.1. The molecule has 1 saturated heterocycles. The van der Waals surface area contributed by atoms with Gasteiger partial charge in [0.25, 0.3) is 0 Å². The van der Waals surface area contributed by atoms with Gasteiger partial charge in [0.05, 0.1) is 34.3 Å². The van der Waals surface area contributed by atoms with Crippen molar-refractivity contribution in [3.05, 3.63) is 48.9 Å². The fourth-order valence-electron chi connectivity index (χ4n) is 5.02. The molecule has 5 aromatic heterocycles. The molecule has 6 rings (SSSR count). The van der Waals surface area contributed by atoms with Crippen LogP contribution in [0.2, 0.25) is 0 Å². The summed E-state index contributed by atoms with van der Waals surface area (Å²) in [6, 6.07) is 9.92. The summed E-state index contributed by atoms with van der Waals surface area (Å²) in [7, 11) is 2.15. The summed E-state index contributed by atoms with van der Waals surface area (Å²) < 4.78 is 0. The number of nitrogens with one attached hydrogen (secondary N) is 3. The van der Waals surface area contributed by atoms with E-state index >= 15 is 0 Å². The summed E-state index contributed by atoms with van der Waals surface area (Å²) in [5.41, 5.74) is 6.36. The summed E-state index contributed by atoms with van der Waals surface area (Å²) in [6.45, 7) is 10.1. The second kappa shape index (κ2) is 9.77. The number of rotatable bonds is 5. The highest BCUT2D eigenvalue weighted by atomic mass is 16.1. The lowest BCUT2D eigenvalue weighted by Crippen LogP contribution is -2.44. The quantitative estimate of drug-likeness (QED) is 0.306. The number of aromatic nitrogens is 6. The highest BCUT2D eigenvalue weighted by molar-refractivity contribution is 5.98. The number of H-pyrrole nitrogens is 2. The number of anilines is 2. The normalized spacial score (nSPS) is 14.8. The van der Waals surface area contributed by atoms with Gasteiger partial charge in [0.1, 0.15) is 17.0 Å². The third-order valence-corrected chi connectivity index (χ3v) is 7.00. The molecule has 39 heavy (non-hydrogen) atoms. The maximum Gasteiger partial charge on any atom is 0.224 e. The number of piperazine rings is 1. The van der Waals surface area contributed by atoms with Crippen LogP contribution in [0.4, 0.5) is 11.5 Å². The van der Waals surface area contributed by atoms with Gasteiger partial charge >= 0.3 is 0 Å². The Morgan fingerprint density at radius 2 is 1.87 bits per heavy atom. The van der Waals surface area contributed by atoms with Crippen molar-refractivity contribution >= 4 is 39.3 Å². The number of amides is 1. The Balaban J connectivity index is 1.32. The lowest BCUT2D eigenvalue weighted by Gasteiger charge is -2.33. The molecule has 0 aliphatic carbocycles. The molecule has 1 aliphatic heterocycles. The van der Waals surface area contributed by atoms with Crippen molar-refractivity contribution in [3.8, 4) is 22.6 Å². The van der Waals surface area contributed by atoms with E-state index in [2.05, 4.69) is 48.4 Å². The van der Waals surface area contributed by atoms with E-state index in [1.54, 1.807) is 12.4 Å². The van der Waals surface area contributed by atoms with Crippen LogP contribution in [0.5, 0.6) is 0 Å². The zero-order valence-corrected chi connectivity index (χ0v) is 22.7. The third-order valence-electron chi connectivity index (χ3n) is 7.00. The van der Waals surface area contributed by atoms with Gasteiger partial charge in [0, 0.05) is 55.9 Å². The van der Waals surface area contributed by atoms with E-state index in [1.807, 2.05) is 51.2 Å². The molecule has 0 saturated carbocycles. The molecule has 200 valence electrons. The predicted molar refractivity (Wildman–Crippen MR) is 155 cm³/mol. The van der Waals surface area contributed by atoms with E-state index in [0.29, 0.717) is 12.1 Å². The Morgan fingerprint density at radius 1 is 1.05 bits per heavy atom. The van der Waals surface area contributed by atoms with E-state index < -0.39 is 0 Å². The molecular formula is C29H33N9O. The van der Waals surface area contributed by atoms with Crippen LogP contribution < -0.4 is 10.2 Å². The molecule has 0 aromatic carbocycles. The molecule has 6 heterocycles. The first-order valence-corrected chi connectivity index (χ1v) is 13.3. The van der Waals surface area contributed by atoms with Crippen LogP contribution in [0.3, 0.4) is 0 Å². The highest BCUT2D eigenvalue weighted by Crippen LogP contribution is 2.33. The number of hydrogen-bond acceptors (Lipinski definition) is 7. The Bertz CT molecular complexity index is 1650. The van der Waals surface area contributed by atoms with Crippen LogP contribution in [0.1, 0.15) is 27.2 Å². The fraction of sp³-hybridized carbons (Fsp3) is 0.345. The van der Waals surface area contributed by atoms with Crippen molar-refractivity contribution in [1.82, 2.24) is 35.0 Å². The summed E-state index contributed by atoms with van der Waals surface area (Å²) in [4.78, 5) is 34.7. The average molecular weight is 524 g/mol. The largest absolute Gasteiger partial charge is 0.353 e. The molecule has 3 N–H and O–H groups in total. The molecule has 0 bridgehead atoms. The van der Waals surface area contributed by atoms with E-state index in [9.17, 15) is 4.79 Å². The monoisotopic (exact) mass is 523 g/mol. The minimum absolute atomic E-state index is 0.0359. The second-order valence-corrected chi connectivity index (χ2v) is 11.5. The van der Waals surface area contributed by atoms with Crippen molar-refractivity contribution in [2.24, 2.45) is 5.41 Å². The van der Waals surface area contributed by atoms with Gasteiger partial charge < -0.3 is 20.1 Å². The van der Waals surface area contributed by atoms with Crippen molar-refractivity contribution in [2.45, 2.75) is 27.2 Å². The summed E-state index contributed by atoms with van der Waals surface area (Å²) >= 11 is 0. The minimum Gasteiger partial charge on any atom is -0.353 e. The average Bonchev–Trinajstić information content (AvgIpc) is 3.52. The lowest BCUT2D eigenvalue weighted by molar-refractivity contribution is -0.117. The molecule has 1 aliphatic rings. The molecule has 0 radical (unpaired) electrons. The van der Waals surface area contributed by atoms with Gasteiger partial charge in [-0.2, -0.15) is 5.10 Å². The standard InChI is InChI=1S/C29H33N9O/c1-29(2,3)15-25(39)32-19-13-18(16-30-17-19)21-5-6-23-26(34-21)27(36-35-23)24-14-20-22(33-24)7-8-31-28(20)38-11-9-37(4)10-12-38/h5-8,13-14,16-17,33H,9-12,15H2,1-4H3,(H,32,39)(H,35,36). The van der Waals surface area contributed by atoms with E-state index in [1.165, 1.54) is 0 Å². The Morgan fingerprint density at radius 3 is 2.67 bits per heavy atom. The number of fused-ring (bicyclic) bond motifs is 2. The molecule has 10 heteroatoms. The van der Waals surface area contributed by atoms with Crippen LogP contribution in [0.15, 0.2) is 48.9 Å². The van der Waals surface area contributed by atoms with Crippen molar-refractivity contribution < 1.29 is 4.79 Å². The first-order chi connectivity index (χ1) is 18.7. The maximum atomic E-state index is 12.5. The van der Waals surface area contributed by atoms with Crippen LogP contribution in [-0.4, -0.2) is 74.2 Å². The Kier molecular flexibility index (Phi) is 6.26. The van der Waals surface area contributed by atoms with Gasteiger partial charge in [-0.1, -0.05) is 20.8 Å². The number of hydrogen-bond donors (Lipinski definition) is 3. The van der Waals surface area contributed by atoms with Gasteiger partial charge in [0.15, 0.2) is 0 Å². The number of carbonyl (C=O) groups is 1. The molecule has 0 atom stereocenters. The SMILES string of the molecule is CN1CCN(c2nccc3[nH]c(-c4n[nH]c5ccc(-c6cncc(NC(=O)CC(C)(C)C)c6)nc45)cc23)CC1. The summed E-state index contributed by atoms with van der Waals surface area (Å²) in [6.07, 6.45) is 5.69. The smallest absolute Gasteiger partial charge is 0.224 e. The van der Waals surface area contributed by atoms with Crippen LogP contribution in [0, 0.1) is 5.41 Å². The number of likely N-dealkylation sites (N-methyl/N-ethyl adjacent to an activating group) is 1. The molecule has 1 amide bonds. The van der Waals surface area contributed by atoms with Gasteiger partial charge in [-0.25, -0.2) is 9.97 Å². The van der Waals surface area contributed by atoms with Crippen LogP contribution in [0.25, 0.3) is 44.6 Å². The predicted octanol–water partition coefficient (Wildman–Crippen LogP) is 4.69. The second-order valence-electron chi connectivity index (χ2n) is 11.5. The number of carbonyl (C=O) groups excluding carboxylic acids is 1. The molecule has 1 fully saturated rings. The zero-order valence-electron chi connectivity index (χ0n) is 22.7. The van der Waals surface area contributed by atoms with Crippen molar-refractivity contribution in [1.29, 1.82) is 0 Å². The molecule has 0 unspecified atom stereocenters. The maximum absolute atomic E-state index is 12.5. The molecule has 5 aromatic rings. The third kappa shape index (κ3) is 5.20. The fourth-order valence-corrected chi connectivity index (χ4v) is 5.02. The first-order valence-electron chi connectivity index (χ1n) is 13.3. The van der Waals surface area contributed by atoms with Crippen LogP contribution >= 0.6 is 0 Å². The Hall–Kier alpha value is -4.31. The number of pyridine rings is 3. The Labute approximate surface area is 226 Å². The van der Waals surface area contributed by atoms with Gasteiger partial charge in [0.2, 0.25) is 5.91 Å². The lowest BCUT2D eigenvalue weighted by atomic mass is 9.92. The minimum atomic E-state index is -0.0939. The van der Waals surface area contributed by atoms with Crippen molar-refractivity contribution in [2.75, 3.05) is 43.4 Å². The summed E-state index contributed by atoms with van der Waals surface area (Å²) in [5.74, 6) is 0.958. The van der Waals surface area contributed by atoms with Gasteiger partial charge in [-0.05, 0) is 42.8 Å². The topological polar surface area (TPSA) is 119 Å². The molecule has 0 spiro atoms.